The second-order valence-corrected chi connectivity index (χ2v) is 7.08. The lowest BCUT2D eigenvalue weighted by atomic mass is 10.1. The van der Waals surface area contributed by atoms with Crippen LogP contribution in [-0.4, -0.2) is 28.6 Å². The predicted octanol–water partition coefficient (Wildman–Crippen LogP) is 4.43. The molecule has 7 heteroatoms. The Morgan fingerprint density at radius 1 is 1.15 bits per heavy atom. The summed E-state index contributed by atoms with van der Waals surface area (Å²) >= 11 is 11.9. The number of nitrogens with zero attached hydrogens (tertiary/aromatic N) is 1. The average Bonchev–Trinajstić information content (AvgIpc) is 2.62. The molecule has 0 fully saturated rings. The maximum Gasteiger partial charge on any atom is 0.322 e. The summed E-state index contributed by atoms with van der Waals surface area (Å²) in [5, 5.41) is 14.1. The molecule has 0 saturated heterocycles. The molecule has 5 nitrogen and oxygen atoms in total. The molecule has 4 N–H and O–H groups in total. The highest BCUT2D eigenvalue weighted by Crippen LogP contribution is 2.26. The van der Waals surface area contributed by atoms with Crippen LogP contribution in [0, 0.1) is 0 Å². The molecule has 140 valence electrons. The topological polar surface area (TPSA) is 78.6 Å². The van der Waals surface area contributed by atoms with Crippen LogP contribution in [0.25, 0.3) is 0 Å². The molecule has 0 heterocycles. The number of hydrogen-bond acceptors (Lipinski definition) is 3. The Morgan fingerprint density at radius 2 is 1.81 bits per heavy atom. The molecule has 0 aliphatic heterocycles. The van der Waals surface area contributed by atoms with Crippen molar-refractivity contribution in [1.82, 2.24) is 4.90 Å². The molecule has 0 spiro atoms. The van der Waals surface area contributed by atoms with Crippen molar-refractivity contribution in [3.63, 3.8) is 0 Å². The Bertz CT molecular complexity index is 751. The minimum Gasteiger partial charge on any atom is -0.387 e. The molecule has 2 aromatic rings. The van der Waals surface area contributed by atoms with Crippen LogP contribution in [0.15, 0.2) is 42.5 Å². The van der Waals surface area contributed by atoms with Gasteiger partial charge in [-0.05, 0) is 49.2 Å². The van der Waals surface area contributed by atoms with Crippen LogP contribution in [-0.2, 0) is 6.54 Å². The molecular weight excluding hydrogens is 373 g/mol. The minimum atomic E-state index is -0.877. The van der Waals surface area contributed by atoms with Crippen LogP contribution in [0.1, 0.15) is 31.1 Å². The number of benzene rings is 2. The number of aliphatic hydroxyl groups is 1. The fraction of sp³-hybridized carbons (Fsp3) is 0.316. The number of nitrogens with one attached hydrogen (secondary N) is 1. The highest BCUT2D eigenvalue weighted by molar-refractivity contribution is 6.42. The van der Waals surface area contributed by atoms with E-state index in [1.54, 1.807) is 35.2 Å². The van der Waals surface area contributed by atoms with E-state index in [4.69, 9.17) is 28.9 Å². The fourth-order valence-electron chi connectivity index (χ4n) is 2.46. The highest BCUT2D eigenvalue weighted by Gasteiger charge is 2.22. The van der Waals surface area contributed by atoms with Gasteiger partial charge in [-0.2, -0.15) is 0 Å². The lowest BCUT2D eigenvalue weighted by molar-refractivity contribution is 0.113. The molecule has 0 aliphatic carbocycles. The fourth-order valence-corrected chi connectivity index (χ4v) is 2.77. The van der Waals surface area contributed by atoms with Crippen LogP contribution in [0.2, 0.25) is 10.0 Å². The number of carbonyl (C=O) groups is 1. The third-order valence-corrected chi connectivity index (χ3v) is 4.76. The molecule has 1 unspecified atom stereocenters. The number of anilines is 1. The molecule has 1 atom stereocenters. The summed E-state index contributed by atoms with van der Waals surface area (Å²) in [6.07, 6.45) is -0.877. The van der Waals surface area contributed by atoms with Gasteiger partial charge in [-0.1, -0.05) is 41.4 Å². The summed E-state index contributed by atoms with van der Waals surface area (Å²) in [6, 6.07) is 11.9. The van der Waals surface area contributed by atoms with Crippen molar-refractivity contribution >= 4 is 34.9 Å². The van der Waals surface area contributed by atoms with Gasteiger partial charge < -0.3 is 21.1 Å². The van der Waals surface area contributed by atoms with Gasteiger partial charge in [0.15, 0.2) is 0 Å². The van der Waals surface area contributed by atoms with Gasteiger partial charge in [0.05, 0.1) is 22.7 Å². The monoisotopic (exact) mass is 395 g/mol. The van der Waals surface area contributed by atoms with Gasteiger partial charge in [-0.3, -0.25) is 0 Å². The van der Waals surface area contributed by atoms with E-state index in [-0.39, 0.29) is 18.6 Å². The average molecular weight is 396 g/mol. The second kappa shape index (κ2) is 9.24. The Labute approximate surface area is 163 Å². The zero-order valence-electron chi connectivity index (χ0n) is 14.7. The Balaban J connectivity index is 2.08. The third-order valence-electron chi connectivity index (χ3n) is 4.02. The molecule has 0 aromatic heterocycles. The summed E-state index contributed by atoms with van der Waals surface area (Å²) in [7, 11) is 0. The summed E-state index contributed by atoms with van der Waals surface area (Å²) < 4.78 is 0. The summed E-state index contributed by atoms with van der Waals surface area (Å²) in [5.41, 5.74) is 7.83. The molecule has 0 saturated carbocycles. The number of rotatable bonds is 6. The molecule has 0 bridgehead atoms. The number of nitrogens with two attached hydrogens (primary N) is 1. The van der Waals surface area contributed by atoms with E-state index in [0.29, 0.717) is 27.8 Å². The van der Waals surface area contributed by atoms with Gasteiger partial charge in [0.25, 0.3) is 0 Å². The van der Waals surface area contributed by atoms with Crippen LogP contribution in [0.5, 0.6) is 0 Å². The van der Waals surface area contributed by atoms with E-state index in [9.17, 15) is 9.90 Å². The number of urea groups is 1. The maximum atomic E-state index is 12.6. The Kier molecular flexibility index (Phi) is 7.29. The van der Waals surface area contributed by atoms with Gasteiger partial charge in [0.1, 0.15) is 0 Å². The number of carbonyl (C=O) groups excluding carboxylic acids is 1. The smallest absolute Gasteiger partial charge is 0.322 e. The predicted molar refractivity (Wildman–Crippen MR) is 107 cm³/mol. The van der Waals surface area contributed by atoms with Gasteiger partial charge in [0, 0.05) is 18.3 Å². The zero-order valence-corrected chi connectivity index (χ0v) is 16.3. The lowest BCUT2D eigenvalue weighted by Crippen LogP contribution is -2.42. The lowest BCUT2D eigenvalue weighted by Gasteiger charge is -2.29. The van der Waals surface area contributed by atoms with Crippen molar-refractivity contribution in [3.05, 3.63) is 63.6 Å². The molecule has 0 radical (unpaired) electrons. The Morgan fingerprint density at radius 3 is 2.35 bits per heavy atom. The molecule has 26 heavy (non-hydrogen) atoms. The van der Waals surface area contributed by atoms with Crippen LogP contribution in [0.3, 0.4) is 0 Å². The molecule has 2 aromatic carbocycles. The normalized spacial score (nSPS) is 12.1. The van der Waals surface area contributed by atoms with Crippen LogP contribution >= 0.6 is 23.2 Å². The van der Waals surface area contributed by atoms with E-state index < -0.39 is 6.10 Å². The van der Waals surface area contributed by atoms with E-state index in [1.807, 2.05) is 26.0 Å². The van der Waals surface area contributed by atoms with Gasteiger partial charge in [-0.25, -0.2) is 4.79 Å². The third kappa shape index (κ3) is 5.35. The first-order chi connectivity index (χ1) is 12.3. The SMILES string of the molecule is CC(C)N(CC(O)c1ccc(Cl)c(Cl)c1)C(=O)Nc1ccc(CN)cc1. The summed E-state index contributed by atoms with van der Waals surface area (Å²) in [4.78, 5) is 14.2. The first-order valence-corrected chi connectivity index (χ1v) is 9.07. The maximum absolute atomic E-state index is 12.6. The van der Waals surface area contributed by atoms with Crippen molar-refractivity contribution in [2.75, 3.05) is 11.9 Å². The number of halogens is 2. The largest absolute Gasteiger partial charge is 0.387 e. The minimum absolute atomic E-state index is 0.101. The second-order valence-electron chi connectivity index (χ2n) is 6.27. The van der Waals surface area contributed by atoms with E-state index in [1.165, 1.54) is 0 Å². The van der Waals surface area contributed by atoms with Crippen molar-refractivity contribution < 1.29 is 9.90 Å². The summed E-state index contributed by atoms with van der Waals surface area (Å²) in [6.45, 7) is 4.35. The first kappa shape index (κ1) is 20.5. The van der Waals surface area contributed by atoms with Crippen molar-refractivity contribution in [2.24, 2.45) is 5.73 Å². The highest BCUT2D eigenvalue weighted by atomic mass is 35.5. The quantitative estimate of drug-likeness (QED) is 0.676. The molecule has 2 rings (SSSR count). The first-order valence-electron chi connectivity index (χ1n) is 8.31. The van der Waals surface area contributed by atoms with E-state index >= 15 is 0 Å². The van der Waals surface area contributed by atoms with Crippen molar-refractivity contribution in [1.29, 1.82) is 0 Å². The zero-order chi connectivity index (χ0) is 19.3. The molecular formula is C19H23Cl2N3O2. The van der Waals surface area contributed by atoms with E-state index in [2.05, 4.69) is 5.32 Å². The van der Waals surface area contributed by atoms with Gasteiger partial charge in [0.2, 0.25) is 0 Å². The van der Waals surface area contributed by atoms with Gasteiger partial charge >= 0.3 is 6.03 Å². The van der Waals surface area contributed by atoms with Gasteiger partial charge in [-0.15, -0.1) is 0 Å². The summed E-state index contributed by atoms with van der Waals surface area (Å²) in [5.74, 6) is 0. The number of aliphatic hydroxyl groups excluding tert-OH is 1. The standard InChI is InChI=1S/C19H23Cl2N3O2/c1-12(2)24(11-18(25)14-5-8-16(20)17(21)9-14)19(26)23-15-6-3-13(10-22)4-7-15/h3-9,12,18,25H,10-11,22H2,1-2H3,(H,23,26). The van der Waals surface area contributed by atoms with Crippen molar-refractivity contribution in [2.45, 2.75) is 32.5 Å². The van der Waals surface area contributed by atoms with Crippen LogP contribution in [0.4, 0.5) is 10.5 Å². The number of amides is 2. The Hall–Kier alpha value is -1.79. The van der Waals surface area contributed by atoms with Crippen molar-refractivity contribution in [3.8, 4) is 0 Å². The molecule has 0 aliphatic rings. The number of hydrogen-bond donors (Lipinski definition) is 3. The molecule has 2 amide bonds. The van der Waals surface area contributed by atoms with Crippen LogP contribution < -0.4 is 11.1 Å². The van der Waals surface area contributed by atoms with E-state index in [0.717, 1.165) is 5.56 Å².